The second-order valence-corrected chi connectivity index (χ2v) is 4.26. The molecule has 3 nitrogen and oxygen atoms in total. The summed E-state index contributed by atoms with van der Waals surface area (Å²) in [6.45, 7) is 9.71. The van der Waals surface area contributed by atoms with Gasteiger partial charge in [0.15, 0.2) is 0 Å². The molecule has 0 bridgehead atoms. The van der Waals surface area contributed by atoms with E-state index in [1.54, 1.807) is 0 Å². The van der Waals surface area contributed by atoms with Gasteiger partial charge < -0.3 is 15.0 Å². The molecule has 1 aliphatic heterocycles. The molecule has 1 heterocycles. The number of hydrogen-bond donors (Lipinski definition) is 1. The molecule has 0 saturated carbocycles. The molecule has 0 unspecified atom stereocenters. The quantitative estimate of drug-likeness (QED) is 0.620. The minimum absolute atomic E-state index is 0.855. The van der Waals surface area contributed by atoms with Crippen LogP contribution < -0.4 is 5.32 Å². The number of nitrogens with one attached hydrogen (secondary N) is 1. The fourth-order valence-electron chi connectivity index (χ4n) is 1.92. The predicted molar refractivity (Wildman–Crippen MR) is 64.3 cm³/mol. The second-order valence-electron chi connectivity index (χ2n) is 4.26. The van der Waals surface area contributed by atoms with Gasteiger partial charge in [-0.2, -0.15) is 0 Å². The average Bonchev–Trinajstić information content (AvgIpc) is 2.29. The predicted octanol–water partition coefficient (Wildman–Crippen LogP) is 1.49. The zero-order chi connectivity index (χ0) is 10.8. The van der Waals surface area contributed by atoms with Crippen LogP contribution in [0, 0.1) is 0 Å². The van der Waals surface area contributed by atoms with Crippen molar-refractivity contribution in [3.05, 3.63) is 0 Å². The maximum Gasteiger partial charge on any atom is 0.0594 e. The van der Waals surface area contributed by atoms with Crippen molar-refractivity contribution >= 4 is 0 Å². The van der Waals surface area contributed by atoms with Crippen LogP contribution in [0.1, 0.15) is 32.6 Å². The number of ether oxygens (including phenoxy) is 1. The molecule has 0 atom stereocenters. The molecule has 0 spiro atoms. The lowest BCUT2D eigenvalue weighted by molar-refractivity contribution is 0.0980. The number of piperidine rings is 1. The highest BCUT2D eigenvalue weighted by atomic mass is 16.5. The molecule has 0 aromatic heterocycles. The van der Waals surface area contributed by atoms with Crippen molar-refractivity contribution in [2.45, 2.75) is 32.6 Å². The van der Waals surface area contributed by atoms with Crippen molar-refractivity contribution in [1.29, 1.82) is 0 Å². The van der Waals surface area contributed by atoms with Crippen LogP contribution in [-0.4, -0.2) is 50.8 Å². The first-order valence-corrected chi connectivity index (χ1v) is 6.44. The summed E-state index contributed by atoms with van der Waals surface area (Å²) < 4.78 is 5.58. The minimum Gasteiger partial charge on any atom is -0.379 e. The molecule has 1 rings (SSSR count). The zero-order valence-electron chi connectivity index (χ0n) is 10.1. The smallest absolute Gasteiger partial charge is 0.0594 e. The zero-order valence-corrected chi connectivity index (χ0v) is 10.1. The first-order chi connectivity index (χ1) is 7.43. The van der Waals surface area contributed by atoms with Crippen LogP contribution in [0.5, 0.6) is 0 Å². The van der Waals surface area contributed by atoms with Gasteiger partial charge in [0.2, 0.25) is 0 Å². The second kappa shape index (κ2) is 9.13. The Kier molecular flexibility index (Phi) is 7.88. The van der Waals surface area contributed by atoms with Gasteiger partial charge in [0.1, 0.15) is 0 Å². The Bertz CT molecular complexity index is 136. The summed E-state index contributed by atoms with van der Waals surface area (Å²) in [5.74, 6) is 0. The third-order valence-electron chi connectivity index (χ3n) is 2.85. The van der Waals surface area contributed by atoms with Gasteiger partial charge in [0.25, 0.3) is 0 Å². The minimum atomic E-state index is 0.855. The first kappa shape index (κ1) is 12.9. The van der Waals surface area contributed by atoms with E-state index in [1.165, 1.54) is 38.8 Å². The van der Waals surface area contributed by atoms with Crippen molar-refractivity contribution < 1.29 is 4.74 Å². The highest BCUT2D eigenvalue weighted by Crippen LogP contribution is 2.07. The van der Waals surface area contributed by atoms with Crippen LogP contribution in [0.2, 0.25) is 0 Å². The van der Waals surface area contributed by atoms with Crippen LogP contribution in [0.15, 0.2) is 0 Å². The number of likely N-dealkylation sites (tertiary alicyclic amines) is 1. The molecule has 1 N–H and O–H groups in total. The third kappa shape index (κ3) is 6.88. The molecular weight excluding hydrogens is 188 g/mol. The number of rotatable bonds is 8. The van der Waals surface area contributed by atoms with E-state index >= 15 is 0 Å². The maximum atomic E-state index is 5.58. The van der Waals surface area contributed by atoms with Crippen LogP contribution >= 0.6 is 0 Å². The Morgan fingerprint density at radius 2 is 1.87 bits per heavy atom. The van der Waals surface area contributed by atoms with E-state index in [2.05, 4.69) is 17.1 Å². The van der Waals surface area contributed by atoms with E-state index in [0.29, 0.717) is 0 Å². The SMILES string of the molecule is CCCNCCOCCN1CCCCC1. The van der Waals surface area contributed by atoms with Gasteiger partial charge in [-0.15, -0.1) is 0 Å². The van der Waals surface area contributed by atoms with Crippen LogP contribution in [-0.2, 0) is 4.74 Å². The summed E-state index contributed by atoms with van der Waals surface area (Å²) in [5.41, 5.74) is 0. The molecular formula is C12H26N2O. The molecule has 15 heavy (non-hydrogen) atoms. The lowest BCUT2D eigenvalue weighted by Gasteiger charge is -2.26. The van der Waals surface area contributed by atoms with E-state index in [1.807, 2.05) is 0 Å². The Labute approximate surface area is 94.2 Å². The molecule has 0 radical (unpaired) electrons. The van der Waals surface area contributed by atoms with Gasteiger partial charge in [-0.25, -0.2) is 0 Å². The Morgan fingerprint density at radius 3 is 2.60 bits per heavy atom. The van der Waals surface area contributed by atoms with Crippen molar-refractivity contribution in [2.75, 3.05) is 45.9 Å². The van der Waals surface area contributed by atoms with E-state index in [9.17, 15) is 0 Å². The third-order valence-corrected chi connectivity index (χ3v) is 2.85. The summed E-state index contributed by atoms with van der Waals surface area (Å²) in [7, 11) is 0. The molecule has 1 saturated heterocycles. The lowest BCUT2D eigenvalue weighted by atomic mass is 10.1. The van der Waals surface area contributed by atoms with Gasteiger partial charge in [0.05, 0.1) is 13.2 Å². The van der Waals surface area contributed by atoms with E-state index in [4.69, 9.17) is 4.74 Å². The summed E-state index contributed by atoms with van der Waals surface area (Å²) in [6, 6.07) is 0. The molecule has 0 aromatic rings. The van der Waals surface area contributed by atoms with Gasteiger partial charge in [0, 0.05) is 13.1 Å². The van der Waals surface area contributed by atoms with Gasteiger partial charge in [-0.1, -0.05) is 13.3 Å². The summed E-state index contributed by atoms with van der Waals surface area (Å²) in [6.07, 6.45) is 5.36. The van der Waals surface area contributed by atoms with Crippen LogP contribution in [0.4, 0.5) is 0 Å². The van der Waals surface area contributed by atoms with Crippen LogP contribution in [0.3, 0.4) is 0 Å². The summed E-state index contributed by atoms with van der Waals surface area (Å²) in [4.78, 5) is 2.52. The van der Waals surface area contributed by atoms with Gasteiger partial charge in [-0.05, 0) is 38.9 Å². The first-order valence-electron chi connectivity index (χ1n) is 6.44. The fourth-order valence-corrected chi connectivity index (χ4v) is 1.92. The summed E-state index contributed by atoms with van der Waals surface area (Å²) in [5, 5.41) is 3.33. The molecule has 3 heteroatoms. The lowest BCUT2D eigenvalue weighted by Crippen LogP contribution is -2.33. The van der Waals surface area contributed by atoms with Crippen molar-refractivity contribution in [3.8, 4) is 0 Å². The highest BCUT2D eigenvalue weighted by molar-refractivity contribution is 4.63. The normalized spacial score (nSPS) is 18.2. The maximum absolute atomic E-state index is 5.58. The van der Waals surface area contributed by atoms with E-state index in [-0.39, 0.29) is 0 Å². The standard InChI is InChI=1S/C12H26N2O/c1-2-6-13-7-11-15-12-10-14-8-4-3-5-9-14/h13H,2-12H2,1H3. The van der Waals surface area contributed by atoms with Crippen molar-refractivity contribution in [3.63, 3.8) is 0 Å². The average molecular weight is 214 g/mol. The van der Waals surface area contributed by atoms with Crippen molar-refractivity contribution in [1.82, 2.24) is 10.2 Å². The van der Waals surface area contributed by atoms with Gasteiger partial charge >= 0.3 is 0 Å². The fraction of sp³-hybridized carbons (Fsp3) is 1.00. The Hall–Kier alpha value is -0.120. The van der Waals surface area contributed by atoms with Crippen LogP contribution in [0.25, 0.3) is 0 Å². The topological polar surface area (TPSA) is 24.5 Å². The largest absolute Gasteiger partial charge is 0.379 e. The summed E-state index contributed by atoms with van der Waals surface area (Å²) >= 11 is 0. The van der Waals surface area contributed by atoms with Crippen molar-refractivity contribution in [2.24, 2.45) is 0 Å². The van der Waals surface area contributed by atoms with E-state index < -0.39 is 0 Å². The number of hydrogen-bond acceptors (Lipinski definition) is 3. The monoisotopic (exact) mass is 214 g/mol. The molecule has 1 aliphatic rings. The molecule has 90 valence electrons. The molecule has 0 aromatic carbocycles. The molecule has 1 fully saturated rings. The Morgan fingerprint density at radius 1 is 1.07 bits per heavy atom. The molecule has 0 aliphatic carbocycles. The molecule has 0 amide bonds. The Balaban J connectivity index is 1.79. The van der Waals surface area contributed by atoms with Gasteiger partial charge in [-0.3, -0.25) is 0 Å². The number of nitrogens with zero attached hydrogens (tertiary/aromatic N) is 1. The van der Waals surface area contributed by atoms with E-state index in [0.717, 1.165) is 32.8 Å². The highest BCUT2D eigenvalue weighted by Gasteiger charge is 2.08.